The first kappa shape index (κ1) is 12.1. The predicted octanol–water partition coefficient (Wildman–Crippen LogP) is 1.11. The zero-order valence-electron chi connectivity index (χ0n) is 10.2. The number of carboxylic acid groups (broad SMARTS) is 1. The molecule has 17 heavy (non-hydrogen) atoms. The van der Waals surface area contributed by atoms with Crippen LogP contribution in [0.15, 0.2) is 16.7 Å². The number of carboxylic acids is 1. The van der Waals surface area contributed by atoms with Gasteiger partial charge in [0.25, 0.3) is 0 Å². The van der Waals surface area contributed by atoms with Crippen LogP contribution >= 0.6 is 0 Å². The van der Waals surface area contributed by atoms with Gasteiger partial charge in [0.2, 0.25) is 0 Å². The van der Waals surface area contributed by atoms with Crippen LogP contribution in [-0.4, -0.2) is 54.1 Å². The zero-order valence-corrected chi connectivity index (χ0v) is 10.2. The molecule has 1 aromatic rings. The van der Waals surface area contributed by atoms with Crippen molar-refractivity contribution in [3.05, 3.63) is 23.7 Å². The van der Waals surface area contributed by atoms with E-state index in [4.69, 9.17) is 9.52 Å². The van der Waals surface area contributed by atoms with Crippen molar-refractivity contribution in [3.63, 3.8) is 0 Å². The number of nitrogens with zero attached hydrogens (tertiary/aromatic N) is 2. The van der Waals surface area contributed by atoms with Crippen molar-refractivity contribution in [2.45, 2.75) is 19.0 Å². The van der Waals surface area contributed by atoms with Crippen LogP contribution in [0.4, 0.5) is 0 Å². The SMILES string of the molecule is CN(C)C1CCN(Cc2occc2C(=O)O)C1. The van der Waals surface area contributed by atoms with Gasteiger partial charge < -0.3 is 14.4 Å². The van der Waals surface area contributed by atoms with Crippen LogP contribution in [0.3, 0.4) is 0 Å². The summed E-state index contributed by atoms with van der Waals surface area (Å²) in [7, 11) is 4.15. The van der Waals surface area contributed by atoms with Gasteiger partial charge in [-0.1, -0.05) is 0 Å². The molecule has 0 saturated carbocycles. The van der Waals surface area contributed by atoms with Crippen LogP contribution in [-0.2, 0) is 6.54 Å². The summed E-state index contributed by atoms with van der Waals surface area (Å²) in [6.45, 7) is 2.54. The Kier molecular flexibility index (Phi) is 3.49. The molecule has 1 aliphatic rings. The number of furan rings is 1. The molecule has 0 amide bonds. The van der Waals surface area contributed by atoms with Crippen molar-refractivity contribution in [3.8, 4) is 0 Å². The first-order valence-corrected chi connectivity index (χ1v) is 5.76. The fourth-order valence-corrected chi connectivity index (χ4v) is 2.23. The maximum atomic E-state index is 10.9. The number of rotatable bonds is 4. The molecule has 0 aromatic carbocycles. The summed E-state index contributed by atoms with van der Waals surface area (Å²) >= 11 is 0. The first-order chi connectivity index (χ1) is 8.08. The number of hydrogen-bond donors (Lipinski definition) is 1. The lowest BCUT2D eigenvalue weighted by Crippen LogP contribution is -2.31. The number of likely N-dealkylation sites (N-methyl/N-ethyl adjacent to an activating group) is 1. The highest BCUT2D eigenvalue weighted by molar-refractivity contribution is 5.88. The molecule has 1 unspecified atom stereocenters. The lowest BCUT2D eigenvalue weighted by Gasteiger charge is -2.19. The minimum absolute atomic E-state index is 0.276. The van der Waals surface area contributed by atoms with Crippen molar-refractivity contribution in [1.29, 1.82) is 0 Å². The highest BCUT2D eigenvalue weighted by Crippen LogP contribution is 2.19. The van der Waals surface area contributed by atoms with E-state index in [-0.39, 0.29) is 5.56 Å². The van der Waals surface area contributed by atoms with Gasteiger partial charge >= 0.3 is 5.97 Å². The topological polar surface area (TPSA) is 56.9 Å². The molecule has 1 atom stereocenters. The van der Waals surface area contributed by atoms with Crippen molar-refractivity contribution in [2.24, 2.45) is 0 Å². The Labute approximate surface area is 101 Å². The maximum Gasteiger partial charge on any atom is 0.339 e. The molecule has 2 heterocycles. The molecule has 0 spiro atoms. The lowest BCUT2D eigenvalue weighted by molar-refractivity contribution is 0.0693. The minimum Gasteiger partial charge on any atom is -0.478 e. The van der Waals surface area contributed by atoms with Crippen molar-refractivity contribution >= 4 is 5.97 Å². The third kappa shape index (κ3) is 2.68. The van der Waals surface area contributed by atoms with E-state index in [2.05, 4.69) is 23.9 Å². The molecule has 94 valence electrons. The van der Waals surface area contributed by atoms with E-state index >= 15 is 0 Å². The number of aromatic carboxylic acids is 1. The van der Waals surface area contributed by atoms with E-state index in [9.17, 15) is 4.79 Å². The van der Waals surface area contributed by atoms with Crippen LogP contribution in [0.25, 0.3) is 0 Å². The van der Waals surface area contributed by atoms with Gasteiger partial charge in [0.1, 0.15) is 11.3 Å². The Hall–Kier alpha value is -1.33. The van der Waals surface area contributed by atoms with E-state index < -0.39 is 5.97 Å². The van der Waals surface area contributed by atoms with Gasteiger partial charge in [-0.05, 0) is 26.6 Å². The maximum absolute atomic E-state index is 10.9. The lowest BCUT2D eigenvalue weighted by atomic mass is 10.2. The van der Waals surface area contributed by atoms with E-state index in [1.807, 2.05) is 0 Å². The van der Waals surface area contributed by atoms with Gasteiger partial charge in [-0.25, -0.2) is 4.79 Å². The van der Waals surface area contributed by atoms with E-state index in [1.165, 1.54) is 12.3 Å². The summed E-state index contributed by atoms with van der Waals surface area (Å²) in [5.41, 5.74) is 0.276. The molecule has 1 aromatic heterocycles. The molecule has 0 radical (unpaired) electrons. The molecule has 5 nitrogen and oxygen atoms in total. The summed E-state index contributed by atoms with van der Waals surface area (Å²) < 4.78 is 5.25. The molecule has 2 rings (SSSR count). The average molecular weight is 238 g/mol. The molecule has 0 aliphatic carbocycles. The monoisotopic (exact) mass is 238 g/mol. The summed E-state index contributed by atoms with van der Waals surface area (Å²) in [5, 5.41) is 8.98. The Morgan fingerprint density at radius 3 is 3.00 bits per heavy atom. The Morgan fingerprint density at radius 1 is 1.65 bits per heavy atom. The van der Waals surface area contributed by atoms with Gasteiger partial charge in [0.05, 0.1) is 12.8 Å². The third-order valence-electron chi connectivity index (χ3n) is 3.32. The van der Waals surface area contributed by atoms with Crippen LogP contribution in [0.5, 0.6) is 0 Å². The fraction of sp³-hybridized carbons (Fsp3) is 0.583. The second-order valence-electron chi connectivity index (χ2n) is 4.70. The first-order valence-electron chi connectivity index (χ1n) is 5.76. The van der Waals surface area contributed by atoms with Crippen LogP contribution < -0.4 is 0 Å². The van der Waals surface area contributed by atoms with Gasteiger partial charge in [-0.15, -0.1) is 0 Å². The van der Waals surface area contributed by atoms with Gasteiger partial charge in [0, 0.05) is 19.1 Å². The van der Waals surface area contributed by atoms with Gasteiger partial charge in [0.15, 0.2) is 0 Å². The smallest absolute Gasteiger partial charge is 0.339 e. The summed E-state index contributed by atoms with van der Waals surface area (Å²) in [5.74, 6) is -0.367. The van der Waals surface area contributed by atoms with E-state index in [0.717, 1.165) is 19.5 Å². The fourth-order valence-electron chi connectivity index (χ4n) is 2.23. The number of likely N-dealkylation sites (tertiary alicyclic amines) is 1. The summed E-state index contributed by atoms with van der Waals surface area (Å²) in [6.07, 6.45) is 2.56. The molecular weight excluding hydrogens is 220 g/mol. The Bertz CT molecular complexity index is 400. The quantitative estimate of drug-likeness (QED) is 0.851. The molecular formula is C12H18N2O3. The molecule has 1 saturated heterocycles. The highest BCUT2D eigenvalue weighted by Gasteiger charge is 2.26. The molecule has 0 bridgehead atoms. The summed E-state index contributed by atoms with van der Waals surface area (Å²) in [6, 6.07) is 2.07. The predicted molar refractivity (Wildman–Crippen MR) is 63.0 cm³/mol. The van der Waals surface area contributed by atoms with Crippen LogP contribution in [0, 0.1) is 0 Å². The highest BCUT2D eigenvalue weighted by atomic mass is 16.4. The second kappa shape index (κ2) is 4.89. The molecule has 1 aliphatic heterocycles. The minimum atomic E-state index is -0.919. The molecule has 1 N–H and O–H groups in total. The summed E-state index contributed by atoms with van der Waals surface area (Å²) in [4.78, 5) is 15.4. The van der Waals surface area contributed by atoms with Gasteiger partial charge in [-0.3, -0.25) is 4.90 Å². The van der Waals surface area contributed by atoms with Crippen LogP contribution in [0.2, 0.25) is 0 Å². The van der Waals surface area contributed by atoms with E-state index in [1.54, 1.807) is 0 Å². The second-order valence-corrected chi connectivity index (χ2v) is 4.70. The molecule has 1 fully saturated rings. The molecule has 5 heteroatoms. The van der Waals surface area contributed by atoms with Crippen molar-refractivity contribution < 1.29 is 14.3 Å². The Morgan fingerprint density at radius 2 is 2.41 bits per heavy atom. The van der Waals surface area contributed by atoms with Crippen molar-refractivity contribution in [2.75, 3.05) is 27.2 Å². The number of hydrogen-bond acceptors (Lipinski definition) is 4. The standard InChI is InChI=1S/C12H18N2O3/c1-13(2)9-3-5-14(7-9)8-11-10(12(15)16)4-6-17-11/h4,6,9H,3,5,7-8H2,1-2H3,(H,15,16). The Balaban J connectivity index is 1.98. The van der Waals surface area contributed by atoms with Crippen molar-refractivity contribution in [1.82, 2.24) is 9.80 Å². The normalized spacial score (nSPS) is 21.2. The van der Waals surface area contributed by atoms with E-state index in [0.29, 0.717) is 18.3 Å². The largest absolute Gasteiger partial charge is 0.478 e. The van der Waals surface area contributed by atoms with Crippen LogP contribution in [0.1, 0.15) is 22.5 Å². The average Bonchev–Trinajstić information content (AvgIpc) is 2.86. The zero-order chi connectivity index (χ0) is 12.4. The van der Waals surface area contributed by atoms with Gasteiger partial charge in [-0.2, -0.15) is 0 Å². The third-order valence-corrected chi connectivity index (χ3v) is 3.32. The number of carbonyl (C=O) groups is 1.